The molecule has 1 atom stereocenters. The third kappa shape index (κ3) is 1.06. The van der Waals surface area contributed by atoms with E-state index in [9.17, 15) is 0 Å². The molecule has 0 bridgehead atoms. The monoisotopic (exact) mass is 150 g/mol. The quantitative estimate of drug-likeness (QED) is 0.512. The Bertz CT molecular complexity index is 228. The minimum absolute atomic E-state index is 0.810. The Kier molecular flexibility index (Phi) is 1.48. The average Bonchev–Trinajstić information content (AvgIpc) is 2.31. The van der Waals surface area contributed by atoms with E-state index in [1.165, 1.54) is 17.7 Å². The molecule has 2 rings (SSSR count). The number of rotatable bonds is 0. The molecular weight excluding hydrogens is 136 g/mol. The molecule has 0 unspecified atom stereocenters. The molecule has 2 heteroatoms. The van der Waals surface area contributed by atoms with Gasteiger partial charge < -0.3 is 4.90 Å². The molecule has 2 nitrogen and oxygen atoms in total. The van der Waals surface area contributed by atoms with Gasteiger partial charge in [-0.05, 0) is 24.8 Å². The van der Waals surface area contributed by atoms with Gasteiger partial charge in [-0.3, -0.25) is 4.99 Å². The van der Waals surface area contributed by atoms with Gasteiger partial charge in [0, 0.05) is 12.2 Å². The van der Waals surface area contributed by atoms with E-state index in [1.54, 1.807) is 0 Å². The average molecular weight is 150 g/mol. The van der Waals surface area contributed by atoms with Gasteiger partial charge in [-0.1, -0.05) is 6.92 Å². The Morgan fingerprint density at radius 3 is 3.18 bits per heavy atom. The first kappa shape index (κ1) is 6.89. The first-order chi connectivity index (χ1) is 5.27. The minimum atomic E-state index is 0.810. The number of hydrogen-bond donors (Lipinski definition) is 0. The zero-order valence-corrected chi connectivity index (χ0v) is 7.17. The van der Waals surface area contributed by atoms with Gasteiger partial charge in [0.05, 0.1) is 12.9 Å². The summed E-state index contributed by atoms with van der Waals surface area (Å²) in [5.74, 6) is 0.810. The summed E-state index contributed by atoms with van der Waals surface area (Å²) < 4.78 is 0. The van der Waals surface area contributed by atoms with Gasteiger partial charge in [0.1, 0.15) is 0 Å². The maximum absolute atomic E-state index is 4.28. The fourth-order valence-corrected chi connectivity index (χ4v) is 1.86. The van der Waals surface area contributed by atoms with Crippen molar-refractivity contribution in [1.29, 1.82) is 0 Å². The number of nitrogens with zero attached hydrogens (tertiary/aromatic N) is 2. The lowest BCUT2D eigenvalue weighted by molar-refractivity contribution is 0.531. The Balaban J connectivity index is 2.28. The Labute approximate surface area is 67.6 Å². The SMILES string of the molecule is CC1=C2C[C@H](C)CN2C=NC1. The van der Waals surface area contributed by atoms with Gasteiger partial charge in [0.2, 0.25) is 0 Å². The standard InChI is InChI=1S/C9H14N2/c1-7-3-9-8(2)4-10-6-11(9)5-7/h6-7H,3-5H2,1-2H3/t7-/m0/s1. The smallest absolute Gasteiger partial charge is 0.0895 e. The van der Waals surface area contributed by atoms with Crippen molar-refractivity contribution < 1.29 is 0 Å². The Morgan fingerprint density at radius 2 is 2.45 bits per heavy atom. The van der Waals surface area contributed by atoms with Crippen molar-refractivity contribution >= 4 is 6.34 Å². The van der Waals surface area contributed by atoms with E-state index in [4.69, 9.17) is 0 Å². The summed E-state index contributed by atoms with van der Waals surface area (Å²) in [6, 6.07) is 0. The molecule has 0 spiro atoms. The van der Waals surface area contributed by atoms with E-state index >= 15 is 0 Å². The molecule has 0 N–H and O–H groups in total. The van der Waals surface area contributed by atoms with Crippen molar-refractivity contribution in [3.05, 3.63) is 11.3 Å². The summed E-state index contributed by atoms with van der Waals surface area (Å²) in [5, 5.41) is 0. The molecule has 0 aliphatic carbocycles. The molecule has 1 saturated heterocycles. The van der Waals surface area contributed by atoms with Crippen LogP contribution >= 0.6 is 0 Å². The largest absolute Gasteiger partial charge is 0.336 e. The van der Waals surface area contributed by atoms with Crippen LogP contribution in [0.3, 0.4) is 0 Å². The lowest BCUT2D eigenvalue weighted by Crippen LogP contribution is -2.21. The predicted octanol–water partition coefficient (Wildman–Crippen LogP) is 1.64. The molecule has 60 valence electrons. The van der Waals surface area contributed by atoms with Crippen molar-refractivity contribution in [3.63, 3.8) is 0 Å². The highest BCUT2D eigenvalue weighted by molar-refractivity contribution is 5.61. The molecule has 2 aliphatic rings. The van der Waals surface area contributed by atoms with Gasteiger partial charge in [0.15, 0.2) is 0 Å². The fraction of sp³-hybridized carbons (Fsp3) is 0.667. The highest BCUT2D eigenvalue weighted by atomic mass is 15.2. The fourth-order valence-electron chi connectivity index (χ4n) is 1.86. The minimum Gasteiger partial charge on any atom is -0.336 e. The number of hydrogen-bond acceptors (Lipinski definition) is 2. The summed E-state index contributed by atoms with van der Waals surface area (Å²) in [6.07, 6.45) is 3.24. The number of aliphatic imine (C=N–C) groups is 1. The molecule has 0 aromatic rings. The van der Waals surface area contributed by atoms with E-state index in [-0.39, 0.29) is 0 Å². The van der Waals surface area contributed by atoms with Crippen LogP contribution in [0.25, 0.3) is 0 Å². The molecule has 0 radical (unpaired) electrons. The van der Waals surface area contributed by atoms with Crippen LogP contribution in [0.5, 0.6) is 0 Å². The lowest BCUT2D eigenvalue weighted by atomic mass is 10.1. The lowest BCUT2D eigenvalue weighted by Gasteiger charge is -2.19. The third-order valence-corrected chi connectivity index (χ3v) is 2.44. The normalized spacial score (nSPS) is 29.6. The molecule has 1 fully saturated rings. The number of fused-ring (bicyclic) bond motifs is 1. The van der Waals surface area contributed by atoms with E-state index in [1.807, 2.05) is 6.34 Å². The molecule has 2 aliphatic heterocycles. The molecular formula is C9H14N2. The number of allylic oxidation sites excluding steroid dienone is 1. The van der Waals surface area contributed by atoms with Crippen molar-refractivity contribution in [2.45, 2.75) is 20.3 Å². The third-order valence-electron chi connectivity index (χ3n) is 2.44. The van der Waals surface area contributed by atoms with Crippen LogP contribution in [0.1, 0.15) is 20.3 Å². The first-order valence-corrected chi connectivity index (χ1v) is 4.22. The van der Waals surface area contributed by atoms with Gasteiger partial charge in [0.25, 0.3) is 0 Å². The molecule has 0 saturated carbocycles. The highest BCUT2D eigenvalue weighted by Crippen LogP contribution is 2.29. The summed E-state index contributed by atoms with van der Waals surface area (Å²) in [6.45, 7) is 6.57. The second kappa shape index (κ2) is 2.36. The van der Waals surface area contributed by atoms with Crippen LogP contribution in [0.4, 0.5) is 0 Å². The maximum Gasteiger partial charge on any atom is 0.0895 e. The zero-order chi connectivity index (χ0) is 7.84. The van der Waals surface area contributed by atoms with Gasteiger partial charge in [-0.2, -0.15) is 0 Å². The zero-order valence-electron chi connectivity index (χ0n) is 7.17. The summed E-state index contributed by atoms with van der Waals surface area (Å²) in [7, 11) is 0. The van der Waals surface area contributed by atoms with E-state index in [0.29, 0.717) is 0 Å². The van der Waals surface area contributed by atoms with Gasteiger partial charge in [-0.25, -0.2) is 0 Å². The van der Waals surface area contributed by atoms with Crippen molar-refractivity contribution in [2.75, 3.05) is 13.1 Å². The van der Waals surface area contributed by atoms with Crippen LogP contribution < -0.4 is 0 Å². The van der Waals surface area contributed by atoms with Crippen LogP contribution in [-0.4, -0.2) is 24.3 Å². The topological polar surface area (TPSA) is 15.6 Å². The molecule has 0 amide bonds. The van der Waals surface area contributed by atoms with Crippen LogP contribution in [0.15, 0.2) is 16.3 Å². The molecule has 11 heavy (non-hydrogen) atoms. The van der Waals surface area contributed by atoms with Crippen LogP contribution in [0.2, 0.25) is 0 Å². The maximum atomic E-state index is 4.28. The van der Waals surface area contributed by atoms with Crippen molar-refractivity contribution in [3.8, 4) is 0 Å². The van der Waals surface area contributed by atoms with Crippen LogP contribution in [0, 0.1) is 5.92 Å². The van der Waals surface area contributed by atoms with E-state index in [0.717, 1.165) is 19.0 Å². The van der Waals surface area contributed by atoms with E-state index < -0.39 is 0 Å². The van der Waals surface area contributed by atoms with Crippen molar-refractivity contribution in [1.82, 2.24) is 4.90 Å². The van der Waals surface area contributed by atoms with Gasteiger partial charge >= 0.3 is 0 Å². The summed E-state index contributed by atoms with van der Waals surface area (Å²) >= 11 is 0. The van der Waals surface area contributed by atoms with Crippen LogP contribution in [-0.2, 0) is 0 Å². The van der Waals surface area contributed by atoms with E-state index in [2.05, 4.69) is 23.7 Å². The van der Waals surface area contributed by atoms with Gasteiger partial charge in [-0.15, -0.1) is 0 Å². The Morgan fingerprint density at radius 1 is 1.64 bits per heavy atom. The Hall–Kier alpha value is -0.790. The van der Waals surface area contributed by atoms with Crippen molar-refractivity contribution in [2.24, 2.45) is 10.9 Å². The predicted molar refractivity (Wildman–Crippen MR) is 46.5 cm³/mol. The highest BCUT2D eigenvalue weighted by Gasteiger charge is 2.25. The molecule has 0 aromatic heterocycles. The molecule has 2 heterocycles. The second-order valence-corrected chi connectivity index (χ2v) is 3.64. The first-order valence-electron chi connectivity index (χ1n) is 4.22. The summed E-state index contributed by atoms with van der Waals surface area (Å²) in [5.41, 5.74) is 2.98. The second-order valence-electron chi connectivity index (χ2n) is 3.64. The summed E-state index contributed by atoms with van der Waals surface area (Å²) in [4.78, 5) is 6.57. The molecule has 0 aromatic carbocycles.